The molecular weight excluding hydrogens is 292 g/mol. The van der Waals surface area contributed by atoms with Crippen molar-refractivity contribution in [3.63, 3.8) is 0 Å². The highest BCUT2D eigenvalue weighted by atomic mass is 32.1. The van der Waals surface area contributed by atoms with Crippen LogP contribution in [-0.2, 0) is 0 Å². The number of nitrogens with one attached hydrogen (secondary N) is 1. The van der Waals surface area contributed by atoms with E-state index in [0.717, 1.165) is 42.7 Å². The summed E-state index contributed by atoms with van der Waals surface area (Å²) >= 11 is 1.76. The van der Waals surface area contributed by atoms with E-state index in [1.165, 1.54) is 16.7 Å². The smallest absolute Gasteiger partial charge is 0.224 e. The zero-order valence-corrected chi connectivity index (χ0v) is 14.4. The fourth-order valence-electron chi connectivity index (χ4n) is 2.83. The lowest BCUT2D eigenvalue weighted by Crippen LogP contribution is -2.30. The third kappa shape index (κ3) is 2.61. The Kier molecular flexibility index (Phi) is 4.16. The second-order valence-electron chi connectivity index (χ2n) is 5.55. The molecule has 0 saturated heterocycles. The summed E-state index contributed by atoms with van der Waals surface area (Å²) in [5.74, 6) is 1.77. The van der Waals surface area contributed by atoms with E-state index in [1.54, 1.807) is 11.3 Å². The summed E-state index contributed by atoms with van der Waals surface area (Å²) in [5.41, 5.74) is 6.23. The number of hydrogen-bond acceptors (Lipinski definition) is 5. The topological polar surface area (TPSA) is 41.1 Å². The van der Waals surface area contributed by atoms with E-state index in [9.17, 15) is 0 Å². The zero-order valence-electron chi connectivity index (χ0n) is 13.6. The standard InChI is InChI=1S/C17H22N4S/c1-5-18-17-19-12(4)14-7-13(15-10-22-9-11(15)3)8-21(6-2)16(14)20-17/h7,9-10H,5-6,8H2,1-4H3,(H,18,19,20). The van der Waals surface area contributed by atoms with Crippen molar-refractivity contribution in [2.24, 2.45) is 0 Å². The Morgan fingerprint density at radius 1 is 1.23 bits per heavy atom. The number of aromatic nitrogens is 2. The van der Waals surface area contributed by atoms with Crippen LogP contribution in [0.25, 0.3) is 11.6 Å². The molecule has 5 heteroatoms. The molecule has 3 rings (SSSR count). The lowest BCUT2D eigenvalue weighted by atomic mass is 9.98. The van der Waals surface area contributed by atoms with E-state index in [1.807, 2.05) is 0 Å². The molecule has 0 spiro atoms. The Labute approximate surface area is 135 Å². The van der Waals surface area contributed by atoms with E-state index >= 15 is 0 Å². The number of anilines is 2. The van der Waals surface area contributed by atoms with Crippen LogP contribution in [0.3, 0.4) is 0 Å². The molecule has 1 aliphatic heterocycles. The molecule has 2 aromatic heterocycles. The van der Waals surface area contributed by atoms with Gasteiger partial charge in [-0.05, 0) is 61.2 Å². The van der Waals surface area contributed by atoms with Gasteiger partial charge in [0.2, 0.25) is 5.95 Å². The SMILES string of the molecule is CCNc1nc(C)c2c(n1)N(CC)CC(c1cscc1C)=C2. The maximum atomic E-state index is 4.72. The maximum absolute atomic E-state index is 4.72. The number of likely N-dealkylation sites (N-methyl/N-ethyl adjacent to an activating group) is 1. The van der Waals surface area contributed by atoms with Gasteiger partial charge < -0.3 is 10.2 Å². The van der Waals surface area contributed by atoms with Crippen molar-refractivity contribution in [3.8, 4) is 0 Å². The van der Waals surface area contributed by atoms with Crippen LogP contribution >= 0.6 is 11.3 Å². The summed E-state index contributed by atoms with van der Waals surface area (Å²) in [7, 11) is 0. The van der Waals surface area contributed by atoms with Crippen LogP contribution in [0.15, 0.2) is 10.8 Å². The number of nitrogens with zero attached hydrogens (tertiary/aromatic N) is 3. The van der Waals surface area contributed by atoms with Gasteiger partial charge in [-0.25, -0.2) is 4.98 Å². The summed E-state index contributed by atoms with van der Waals surface area (Å²) in [6.45, 7) is 11.2. The molecule has 0 unspecified atom stereocenters. The first-order chi connectivity index (χ1) is 10.6. The highest BCUT2D eigenvalue weighted by molar-refractivity contribution is 7.08. The highest BCUT2D eigenvalue weighted by Gasteiger charge is 2.23. The minimum absolute atomic E-state index is 0.723. The van der Waals surface area contributed by atoms with Gasteiger partial charge in [-0.15, -0.1) is 0 Å². The van der Waals surface area contributed by atoms with Crippen molar-refractivity contribution in [3.05, 3.63) is 33.1 Å². The Morgan fingerprint density at radius 2 is 2.05 bits per heavy atom. The molecule has 116 valence electrons. The first-order valence-corrected chi connectivity index (χ1v) is 8.69. The molecule has 0 radical (unpaired) electrons. The van der Waals surface area contributed by atoms with Gasteiger partial charge >= 0.3 is 0 Å². The molecule has 0 aliphatic carbocycles. The molecule has 0 bridgehead atoms. The molecular formula is C17H22N4S. The van der Waals surface area contributed by atoms with Gasteiger partial charge in [-0.1, -0.05) is 0 Å². The largest absolute Gasteiger partial charge is 0.354 e. The minimum atomic E-state index is 0.723. The molecule has 0 saturated carbocycles. The second kappa shape index (κ2) is 6.08. The Balaban J connectivity index is 2.11. The predicted octanol–water partition coefficient (Wildman–Crippen LogP) is 3.97. The lowest BCUT2D eigenvalue weighted by molar-refractivity contribution is 0.868. The molecule has 1 aliphatic rings. The van der Waals surface area contributed by atoms with Crippen LogP contribution in [0.4, 0.5) is 11.8 Å². The van der Waals surface area contributed by atoms with Gasteiger partial charge in [0, 0.05) is 25.2 Å². The molecule has 2 aromatic rings. The van der Waals surface area contributed by atoms with E-state index in [4.69, 9.17) is 4.98 Å². The third-order valence-corrected chi connectivity index (χ3v) is 4.87. The van der Waals surface area contributed by atoms with Gasteiger partial charge in [0.1, 0.15) is 5.82 Å². The van der Waals surface area contributed by atoms with Gasteiger partial charge in [0.25, 0.3) is 0 Å². The maximum Gasteiger partial charge on any atom is 0.224 e. The predicted molar refractivity (Wildman–Crippen MR) is 95.7 cm³/mol. The third-order valence-electron chi connectivity index (χ3n) is 4.01. The molecule has 0 amide bonds. The first-order valence-electron chi connectivity index (χ1n) is 7.75. The number of rotatable bonds is 4. The average Bonchev–Trinajstić information content (AvgIpc) is 2.93. The molecule has 22 heavy (non-hydrogen) atoms. The summed E-state index contributed by atoms with van der Waals surface area (Å²) in [5, 5.41) is 7.67. The van der Waals surface area contributed by atoms with Crippen LogP contribution in [0.1, 0.15) is 36.2 Å². The quantitative estimate of drug-likeness (QED) is 0.927. The molecule has 3 heterocycles. The number of thiophene rings is 1. The van der Waals surface area contributed by atoms with Crippen LogP contribution in [0.5, 0.6) is 0 Å². The number of hydrogen-bond donors (Lipinski definition) is 1. The zero-order chi connectivity index (χ0) is 15.7. The van der Waals surface area contributed by atoms with Crippen molar-refractivity contribution in [2.75, 3.05) is 29.9 Å². The molecule has 0 fully saturated rings. The molecule has 0 atom stereocenters. The Hall–Kier alpha value is -1.88. The monoisotopic (exact) mass is 314 g/mol. The molecule has 1 N–H and O–H groups in total. The van der Waals surface area contributed by atoms with Crippen molar-refractivity contribution >= 4 is 34.8 Å². The van der Waals surface area contributed by atoms with Crippen molar-refractivity contribution in [1.29, 1.82) is 0 Å². The van der Waals surface area contributed by atoms with Crippen LogP contribution in [-0.4, -0.2) is 29.6 Å². The average molecular weight is 314 g/mol. The molecule has 0 aromatic carbocycles. The van der Waals surface area contributed by atoms with E-state index in [0.29, 0.717) is 0 Å². The highest BCUT2D eigenvalue weighted by Crippen LogP contribution is 2.35. The Morgan fingerprint density at radius 3 is 2.68 bits per heavy atom. The van der Waals surface area contributed by atoms with Gasteiger partial charge in [0.15, 0.2) is 0 Å². The normalized spacial score (nSPS) is 13.8. The van der Waals surface area contributed by atoms with Crippen LogP contribution < -0.4 is 10.2 Å². The van der Waals surface area contributed by atoms with Gasteiger partial charge in [-0.3, -0.25) is 0 Å². The van der Waals surface area contributed by atoms with Crippen LogP contribution in [0.2, 0.25) is 0 Å². The van der Waals surface area contributed by atoms with E-state index in [-0.39, 0.29) is 0 Å². The fourth-order valence-corrected chi connectivity index (χ4v) is 3.70. The van der Waals surface area contributed by atoms with Crippen molar-refractivity contribution in [2.45, 2.75) is 27.7 Å². The van der Waals surface area contributed by atoms with E-state index < -0.39 is 0 Å². The molecule has 4 nitrogen and oxygen atoms in total. The van der Waals surface area contributed by atoms with Gasteiger partial charge in [0.05, 0.1) is 5.69 Å². The van der Waals surface area contributed by atoms with E-state index in [2.05, 4.69) is 59.7 Å². The fraction of sp³-hybridized carbons (Fsp3) is 0.412. The van der Waals surface area contributed by atoms with Crippen molar-refractivity contribution in [1.82, 2.24) is 9.97 Å². The lowest BCUT2D eigenvalue weighted by Gasteiger charge is -2.30. The Bertz CT molecular complexity index is 717. The minimum Gasteiger partial charge on any atom is -0.354 e. The number of aryl methyl sites for hydroxylation is 2. The second-order valence-corrected chi connectivity index (χ2v) is 6.30. The first kappa shape index (κ1) is 15.0. The van der Waals surface area contributed by atoms with Crippen molar-refractivity contribution < 1.29 is 0 Å². The summed E-state index contributed by atoms with van der Waals surface area (Å²) < 4.78 is 0. The summed E-state index contributed by atoms with van der Waals surface area (Å²) in [4.78, 5) is 11.6. The van der Waals surface area contributed by atoms with Gasteiger partial charge in [-0.2, -0.15) is 16.3 Å². The summed E-state index contributed by atoms with van der Waals surface area (Å²) in [6.07, 6.45) is 2.27. The number of fused-ring (bicyclic) bond motifs is 1. The van der Waals surface area contributed by atoms with Crippen LogP contribution in [0, 0.1) is 13.8 Å². The summed E-state index contributed by atoms with van der Waals surface area (Å²) in [6, 6.07) is 0.